The van der Waals surface area contributed by atoms with Crippen LogP contribution in [-0.4, -0.2) is 44.5 Å². The molecule has 5 rings (SSSR count). The number of ether oxygens (including phenoxy) is 1. The second kappa shape index (κ2) is 6.75. The number of hydrogen-bond acceptors (Lipinski definition) is 6. The topological polar surface area (TPSA) is 71.0 Å². The van der Waals surface area contributed by atoms with Crippen LogP contribution in [0.2, 0.25) is 0 Å². The maximum Gasteiger partial charge on any atom is 0.168 e. The van der Waals surface area contributed by atoms with E-state index in [1.165, 1.54) is 19.3 Å². The van der Waals surface area contributed by atoms with Gasteiger partial charge in [0.15, 0.2) is 11.6 Å². The molecule has 0 aromatic heterocycles. The molecule has 2 heterocycles. The zero-order chi connectivity index (χ0) is 19.5. The standard InChI is InChI=1S/C21H32FN5O/c1-28-20-18-14(9-26(24)13-27(18)16-5-6-16)8-17(22)19(20)25-10-15-4-2-3-7-21(15,11-23)12-25/h8,15-16H,2-7,9-13,23-24H2,1H3. The summed E-state index contributed by atoms with van der Waals surface area (Å²) in [6.45, 7) is 3.58. The first kappa shape index (κ1) is 18.5. The molecule has 4 aliphatic rings. The highest BCUT2D eigenvalue weighted by atomic mass is 19.1. The van der Waals surface area contributed by atoms with Crippen molar-refractivity contribution in [1.29, 1.82) is 0 Å². The van der Waals surface area contributed by atoms with Crippen molar-refractivity contribution in [2.45, 2.75) is 51.1 Å². The van der Waals surface area contributed by atoms with Crippen molar-refractivity contribution in [2.75, 3.05) is 43.2 Å². The van der Waals surface area contributed by atoms with Crippen LogP contribution in [0, 0.1) is 17.2 Å². The van der Waals surface area contributed by atoms with Gasteiger partial charge in [0.1, 0.15) is 5.69 Å². The number of methoxy groups -OCH3 is 1. The van der Waals surface area contributed by atoms with Gasteiger partial charge < -0.3 is 20.3 Å². The molecule has 0 amide bonds. The lowest BCUT2D eigenvalue weighted by Gasteiger charge is -2.39. The second-order valence-electron chi connectivity index (χ2n) is 9.23. The predicted octanol–water partition coefficient (Wildman–Crippen LogP) is 2.41. The Balaban J connectivity index is 1.58. The fourth-order valence-corrected chi connectivity index (χ4v) is 5.88. The third kappa shape index (κ3) is 2.78. The SMILES string of the molecule is COc1c(N2CC3CCCCC3(CN)C2)c(F)cc2c1N(C1CC1)CN(N)C2. The molecule has 2 aliphatic heterocycles. The number of fused-ring (bicyclic) bond motifs is 2. The second-order valence-corrected chi connectivity index (χ2v) is 9.23. The van der Waals surface area contributed by atoms with Crippen LogP contribution in [0.1, 0.15) is 44.1 Å². The van der Waals surface area contributed by atoms with Gasteiger partial charge in [-0.2, -0.15) is 0 Å². The summed E-state index contributed by atoms with van der Waals surface area (Å²) in [6.07, 6.45) is 7.14. The van der Waals surface area contributed by atoms with E-state index in [0.717, 1.165) is 43.6 Å². The Morgan fingerprint density at radius 1 is 1.25 bits per heavy atom. The van der Waals surface area contributed by atoms with Gasteiger partial charge in [0.25, 0.3) is 0 Å². The van der Waals surface area contributed by atoms with Crippen molar-refractivity contribution >= 4 is 11.4 Å². The van der Waals surface area contributed by atoms with Crippen LogP contribution < -0.4 is 26.1 Å². The summed E-state index contributed by atoms with van der Waals surface area (Å²) in [5.41, 5.74) is 8.95. The fraction of sp³-hybridized carbons (Fsp3) is 0.714. The maximum atomic E-state index is 15.4. The van der Waals surface area contributed by atoms with Gasteiger partial charge in [0.05, 0.1) is 19.5 Å². The summed E-state index contributed by atoms with van der Waals surface area (Å²) in [5, 5.41) is 1.76. The lowest BCUT2D eigenvalue weighted by molar-refractivity contribution is 0.160. The molecule has 7 heteroatoms. The third-order valence-corrected chi connectivity index (χ3v) is 7.46. The molecule has 0 spiro atoms. The Labute approximate surface area is 166 Å². The van der Waals surface area contributed by atoms with E-state index >= 15 is 4.39 Å². The van der Waals surface area contributed by atoms with Crippen molar-refractivity contribution in [3.63, 3.8) is 0 Å². The van der Waals surface area contributed by atoms with Crippen LogP contribution in [0.15, 0.2) is 6.07 Å². The van der Waals surface area contributed by atoms with Crippen molar-refractivity contribution in [2.24, 2.45) is 22.9 Å². The third-order valence-electron chi connectivity index (χ3n) is 7.46. The van der Waals surface area contributed by atoms with E-state index in [4.69, 9.17) is 16.3 Å². The average molecular weight is 390 g/mol. The highest BCUT2D eigenvalue weighted by Crippen LogP contribution is 2.52. The summed E-state index contributed by atoms with van der Waals surface area (Å²) >= 11 is 0. The molecule has 0 radical (unpaired) electrons. The Morgan fingerprint density at radius 2 is 2.07 bits per heavy atom. The van der Waals surface area contributed by atoms with Crippen LogP contribution in [0.3, 0.4) is 0 Å². The summed E-state index contributed by atoms with van der Waals surface area (Å²) in [4.78, 5) is 4.53. The molecule has 4 N–H and O–H groups in total. The molecule has 2 aliphatic carbocycles. The normalized spacial score (nSPS) is 30.4. The lowest BCUT2D eigenvalue weighted by atomic mass is 9.68. The molecule has 1 aromatic rings. The Morgan fingerprint density at radius 3 is 2.75 bits per heavy atom. The van der Waals surface area contributed by atoms with Gasteiger partial charge in [0, 0.05) is 31.1 Å². The molecule has 2 unspecified atom stereocenters. The lowest BCUT2D eigenvalue weighted by Crippen LogP contribution is -2.47. The zero-order valence-corrected chi connectivity index (χ0v) is 16.8. The van der Waals surface area contributed by atoms with Crippen molar-refractivity contribution in [3.8, 4) is 5.75 Å². The highest BCUT2D eigenvalue weighted by Gasteiger charge is 2.48. The van der Waals surface area contributed by atoms with Gasteiger partial charge in [-0.3, -0.25) is 5.84 Å². The quantitative estimate of drug-likeness (QED) is 0.771. The van der Waals surface area contributed by atoms with Gasteiger partial charge in [-0.25, -0.2) is 9.40 Å². The Hall–Kier alpha value is -1.57. The number of benzene rings is 1. The van der Waals surface area contributed by atoms with Gasteiger partial charge in [0.2, 0.25) is 0 Å². The molecule has 154 valence electrons. The Kier molecular flexibility index (Phi) is 4.45. The average Bonchev–Trinajstić information content (AvgIpc) is 3.46. The molecule has 1 saturated heterocycles. The minimum atomic E-state index is -0.201. The first-order chi connectivity index (χ1) is 13.6. The van der Waals surface area contributed by atoms with Gasteiger partial charge in [-0.05, 0) is 49.8 Å². The van der Waals surface area contributed by atoms with Crippen LogP contribution in [-0.2, 0) is 6.54 Å². The van der Waals surface area contributed by atoms with Crippen LogP contribution >= 0.6 is 0 Å². The van der Waals surface area contributed by atoms with E-state index < -0.39 is 0 Å². The minimum Gasteiger partial charge on any atom is -0.492 e. The summed E-state index contributed by atoms with van der Waals surface area (Å²) < 4.78 is 21.3. The van der Waals surface area contributed by atoms with Gasteiger partial charge in [-0.15, -0.1) is 0 Å². The number of hydrazine groups is 1. The molecule has 6 nitrogen and oxygen atoms in total. The highest BCUT2D eigenvalue weighted by molar-refractivity contribution is 5.78. The zero-order valence-electron chi connectivity index (χ0n) is 16.8. The summed E-state index contributed by atoms with van der Waals surface area (Å²) in [6, 6.07) is 2.16. The van der Waals surface area contributed by atoms with E-state index in [0.29, 0.717) is 43.2 Å². The molecule has 0 bridgehead atoms. The summed E-state index contributed by atoms with van der Waals surface area (Å²) in [5.74, 6) is 7.15. The number of nitrogens with two attached hydrogens (primary N) is 2. The number of rotatable bonds is 4. The van der Waals surface area contributed by atoms with E-state index in [1.54, 1.807) is 18.2 Å². The Bertz CT molecular complexity index is 770. The van der Waals surface area contributed by atoms with E-state index in [1.807, 2.05) is 0 Å². The fourth-order valence-electron chi connectivity index (χ4n) is 5.88. The van der Waals surface area contributed by atoms with Gasteiger partial charge in [-0.1, -0.05) is 12.8 Å². The minimum absolute atomic E-state index is 0.121. The molecular formula is C21H32FN5O. The molecule has 1 aromatic carbocycles. The van der Waals surface area contributed by atoms with Crippen LogP contribution in [0.25, 0.3) is 0 Å². The summed E-state index contributed by atoms with van der Waals surface area (Å²) in [7, 11) is 1.67. The maximum absolute atomic E-state index is 15.4. The molecule has 2 saturated carbocycles. The van der Waals surface area contributed by atoms with Crippen LogP contribution in [0.4, 0.5) is 15.8 Å². The smallest absolute Gasteiger partial charge is 0.168 e. The van der Waals surface area contributed by atoms with E-state index in [9.17, 15) is 0 Å². The first-order valence-corrected chi connectivity index (χ1v) is 10.7. The number of nitrogens with zero attached hydrogens (tertiary/aromatic N) is 3. The molecule has 28 heavy (non-hydrogen) atoms. The molecule has 3 fully saturated rings. The van der Waals surface area contributed by atoms with E-state index in [2.05, 4.69) is 9.80 Å². The monoisotopic (exact) mass is 389 g/mol. The molecule has 2 atom stereocenters. The number of anilines is 2. The predicted molar refractivity (Wildman–Crippen MR) is 109 cm³/mol. The van der Waals surface area contributed by atoms with Gasteiger partial charge >= 0.3 is 0 Å². The molecular weight excluding hydrogens is 357 g/mol. The largest absolute Gasteiger partial charge is 0.492 e. The number of halogens is 1. The first-order valence-electron chi connectivity index (χ1n) is 10.7. The van der Waals surface area contributed by atoms with Crippen LogP contribution in [0.5, 0.6) is 5.75 Å². The van der Waals surface area contributed by atoms with E-state index in [-0.39, 0.29) is 11.2 Å². The van der Waals surface area contributed by atoms with Crippen molar-refractivity contribution < 1.29 is 9.13 Å². The van der Waals surface area contributed by atoms with Crippen molar-refractivity contribution in [3.05, 3.63) is 17.4 Å². The van der Waals surface area contributed by atoms with Crippen molar-refractivity contribution in [1.82, 2.24) is 5.01 Å². The number of hydrogen-bond donors (Lipinski definition) is 2.